The van der Waals surface area contributed by atoms with Gasteiger partial charge in [0, 0.05) is 4.47 Å². The van der Waals surface area contributed by atoms with Crippen molar-refractivity contribution < 1.29 is 14.3 Å². The van der Waals surface area contributed by atoms with Gasteiger partial charge in [0.25, 0.3) is 0 Å². The molecular formula is C14H13BrN2O3S. The van der Waals surface area contributed by atoms with E-state index in [1.54, 1.807) is 6.07 Å². The second kappa shape index (κ2) is 7.42. The van der Waals surface area contributed by atoms with Crippen molar-refractivity contribution in [2.45, 2.75) is 10.4 Å². The fourth-order valence-electron chi connectivity index (χ4n) is 1.59. The molecule has 0 fully saturated rings. The molecule has 2 rings (SSSR count). The van der Waals surface area contributed by atoms with Crippen molar-refractivity contribution in [2.24, 2.45) is 0 Å². The van der Waals surface area contributed by atoms with Gasteiger partial charge >= 0.3 is 0 Å². The Balaban J connectivity index is 2.25. The first-order valence-corrected chi connectivity index (χ1v) is 7.68. The number of benzene rings is 1. The lowest BCUT2D eigenvalue weighted by atomic mass is 10.2. The molecule has 1 aromatic carbocycles. The molecule has 0 bridgehead atoms. The van der Waals surface area contributed by atoms with Gasteiger partial charge in [-0.2, -0.15) is 9.97 Å². The zero-order valence-corrected chi connectivity index (χ0v) is 13.8. The summed E-state index contributed by atoms with van der Waals surface area (Å²) in [7, 11) is 3.03. The van der Waals surface area contributed by atoms with Gasteiger partial charge < -0.3 is 14.3 Å². The number of carbonyl (C=O) groups excluding carboxylic acids is 1. The minimum absolute atomic E-state index is 0.393. The van der Waals surface area contributed by atoms with E-state index in [0.717, 1.165) is 16.3 Å². The van der Waals surface area contributed by atoms with Gasteiger partial charge in [0.15, 0.2) is 5.16 Å². The van der Waals surface area contributed by atoms with E-state index in [1.807, 2.05) is 24.3 Å². The normalized spacial score (nSPS) is 11.8. The van der Waals surface area contributed by atoms with E-state index in [9.17, 15) is 4.79 Å². The van der Waals surface area contributed by atoms with Crippen LogP contribution in [0.2, 0.25) is 0 Å². The van der Waals surface area contributed by atoms with Gasteiger partial charge in [-0.05, 0) is 17.7 Å². The first-order valence-electron chi connectivity index (χ1n) is 6.00. The summed E-state index contributed by atoms with van der Waals surface area (Å²) < 4.78 is 11.1. The summed E-state index contributed by atoms with van der Waals surface area (Å²) in [6, 6.07) is 9.12. The molecule has 7 heteroatoms. The number of carbonyl (C=O) groups is 1. The van der Waals surface area contributed by atoms with E-state index in [-0.39, 0.29) is 0 Å². The molecule has 110 valence electrons. The predicted molar refractivity (Wildman–Crippen MR) is 83.9 cm³/mol. The number of methoxy groups -OCH3 is 2. The standard InChI is InChI=1S/C14H13BrN2O3S/c1-19-12-7-13(20-2)17-14(16-12)21-11(8-18)9-3-5-10(15)6-4-9/h3-8,11H,1-2H3. The Morgan fingerprint density at radius 1 is 1.14 bits per heavy atom. The average molecular weight is 369 g/mol. The minimum Gasteiger partial charge on any atom is -0.481 e. The molecule has 1 heterocycles. The second-order valence-corrected chi connectivity index (χ2v) is 5.99. The molecule has 5 nitrogen and oxygen atoms in total. The lowest BCUT2D eigenvalue weighted by Gasteiger charge is -2.11. The molecule has 1 unspecified atom stereocenters. The van der Waals surface area contributed by atoms with E-state index >= 15 is 0 Å². The van der Waals surface area contributed by atoms with E-state index in [4.69, 9.17) is 9.47 Å². The zero-order chi connectivity index (χ0) is 15.2. The Morgan fingerprint density at radius 3 is 2.19 bits per heavy atom. The molecule has 0 radical (unpaired) electrons. The van der Waals surface area contributed by atoms with Gasteiger partial charge in [-0.1, -0.05) is 39.8 Å². The number of nitrogens with zero attached hydrogens (tertiary/aromatic N) is 2. The van der Waals surface area contributed by atoms with Gasteiger partial charge in [0.1, 0.15) is 6.29 Å². The Bertz CT molecular complexity index is 600. The summed E-state index contributed by atoms with van der Waals surface area (Å²) >= 11 is 4.61. The highest BCUT2D eigenvalue weighted by atomic mass is 79.9. The fraction of sp³-hybridized carbons (Fsp3) is 0.214. The minimum atomic E-state index is -0.394. The molecule has 0 aliphatic heterocycles. The maximum atomic E-state index is 11.4. The summed E-state index contributed by atoms with van der Waals surface area (Å²) in [6.07, 6.45) is 0.864. The van der Waals surface area contributed by atoms with Crippen LogP contribution in [0.3, 0.4) is 0 Å². The van der Waals surface area contributed by atoms with Crippen LogP contribution >= 0.6 is 27.7 Å². The third-order valence-corrected chi connectivity index (χ3v) is 4.19. The van der Waals surface area contributed by atoms with Gasteiger partial charge in [-0.3, -0.25) is 0 Å². The highest BCUT2D eigenvalue weighted by Gasteiger charge is 2.16. The highest BCUT2D eigenvalue weighted by Crippen LogP contribution is 2.33. The van der Waals surface area contributed by atoms with E-state index in [0.29, 0.717) is 16.9 Å². The van der Waals surface area contributed by atoms with Gasteiger partial charge in [-0.15, -0.1) is 0 Å². The lowest BCUT2D eigenvalue weighted by molar-refractivity contribution is -0.107. The van der Waals surface area contributed by atoms with E-state index in [2.05, 4.69) is 25.9 Å². The topological polar surface area (TPSA) is 61.3 Å². The number of ether oxygens (including phenoxy) is 2. The van der Waals surface area contributed by atoms with Crippen molar-refractivity contribution in [1.29, 1.82) is 0 Å². The van der Waals surface area contributed by atoms with Crippen molar-refractivity contribution in [3.63, 3.8) is 0 Å². The molecule has 0 aliphatic rings. The Kier molecular flexibility index (Phi) is 5.58. The van der Waals surface area contributed by atoms with Gasteiger partial charge in [0.05, 0.1) is 25.5 Å². The SMILES string of the molecule is COc1cc(OC)nc(SC(C=O)c2ccc(Br)cc2)n1. The fourth-order valence-corrected chi connectivity index (χ4v) is 2.71. The van der Waals surface area contributed by atoms with E-state index < -0.39 is 5.25 Å². The quantitative estimate of drug-likeness (QED) is 0.442. The van der Waals surface area contributed by atoms with Crippen LogP contribution in [-0.2, 0) is 4.79 Å². The maximum Gasteiger partial charge on any atom is 0.220 e. The van der Waals surface area contributed by atoms with Crippen LogP contribution in [0, 0.1) is 0 Å². The molecule has 2 aromatic rings. The summed E-state index contributed by atoms with van der Waals surface area (Å²) in [4.78, 5) is 19.8. The average Bonchev–Trinajstić information content (AvgIpc) is 2.53. The molecule has 0 saturated carbocycles. The largest absolute Gasteiger partial charge is 0.481 e. The third kappa shape index (κ3) is 4.18. The second-order valence-electron chi connectivity index (χ2n) is 3.96. The molecule has 1 atom stereocenters. The van der Waals surface area contributed by atoms with Gasteiger partial charge in [0.2, 0.25) is 11.8 Å². The molecule has 0 spiro atoms. The predicted octanol–water partition coefficient (Wildman–Crippen LogP) is 3.29. The summed E-state index contributed by atoms with van der Waals surface area (Å²) in [5, 5.41) is 0.0288. The number of aromatic nitrogens is 2. The number of hydrogen-bond acceptors (Lipinski definition) is 6. The first-order chi connectivity index (χ1) is 10.2. The van der Waals surface area contributed by atoms with Gasteiger partial charge in [-0.25, -0.2) is 0 Å². The van der Waals surface area contributed by atoms with Crippen LogP contribution < -0.4 is 9.47 Å². The van der Waals surface area contributed by atoms with Crippen LogP contribution in [0.1, 0.15) is 10.8 Å². The van der Waals surface area contributed by atoms with Crippen molar-refractivity contribution in [2.75, 3.05) is 14.2 Å². The monoisotopic (exact) mass is 368 g/mol. The number of thioether (sulfide) groups is 1. The number of rotatable bonds is 6. The number of halogens is 1. The van der Waals surface area contributed by atoms with E-state index in [1.165, 1.54) is 26.0 Å². The number of hydrogen-bond donors (Lipinski definition) is 0. The first kappa shape index (κ1) is 15.8. The van der Waals surface area contributed by atoms with Crippen LogP contribution in [0.4, 0.5) is 0 Å². The Morgan fingerprint density at radius 2 is 1.71 bits per heavy atom. The van der Waals surface area contributed by atoms with Crippen LogP contribution in [0.15, 0.2) is 40.0 Å². The summed E-state index contributed by atoms with van der Waals surface area (Å²) in [5.41, 5.74) is 0.878. The molecule has 0 N–H and O–H groups in total. The highest BCUT2D eigenvalue weighted by molar-refractivity contribution is 9.10. The molecule has 0 aliphatic carbocycles. The van der Waals surface area contributed by atoms with Crippen molar-refractivity contribution >= 4 is 34.0 Å². The van der Waals surface area contributed by atoms with Crippen LogP contribution in [0.5, 0.6) is 11.8 Å². The Hall–Kier alpha value is -1.60. The maximum absolute atomic E-state index is 11.4. The lowest BCUT2D eigenvalue weighted by Crippen LogP contribution is -2.00. The van der Waals surface area contributed by atoms with Crippen LogP contribution in [0.25, 0.3) is 0 Å². The van der Waals surface area contributed by atoms with Crippen molar-refractivity contribution in [1.82, 2.24) is 9.97 Å². The summed E-state index contributed by atoms with van der Waals surface area (Å²) in [6.45, 7) is 0. The third-order valence-electron chi connectivity index (χ3n) is 2.63. The smallest absolute Gasteiger partial charge is 0.220 e. The Labute approximate surface area is 135 Å². The molecule has 0 amide bonds. The van der Waals surface area contributed by atoms with Crippen LogP contribution in [-0.4, -0.2) is 30.5 Å². The molecular weight excluding hydrogens is 356 g/mol. The zero-order valence-electron chi connectivity index (χ0n) is 11.4. The molecule has 0 saturated heterocycles. The van der Waals surface area contributed by atoms with Crippen molar-refractivity contribution in [3.8, 4) is 11.8 Å². The number of aldehydes is 1. The molecule has 21 heavy (non-hydrogen) atoms. The van der Waals surface area contributed by atoms with Crippen molar-refractivity contribution in [3.05, 3.63) is 40.4 Å². The summed E-state index contributed by atoms with van der Waals surface area (Å²) in [5.74, 6) is 0.787. The molecule has 1 aromatic heterocycles.